The van der Waals surface area contributed by atoms with Gasteiger partial charge in [0.25, 0.3) is 0 Å². The lowest BCUT2D eigenvalue weighted by atomic mass is 10.0. The molecule has 1 aliphatic rings. The van der Waals surface area contributed by atoms with Gasteiger partial charge in [-0.2, -0.15) is 0 Å². The highest BCUT2D eigenvalue weighted by Gasteiger charge is 2.23. The predicted octanol–water partition coefficient (Wildman–Crippen LogP) is 3.66. The van der Waals surface area contributed by atoms with E-state index in [0.29, 0.717) is 12.0 Å². The lowest BCUT2D eigenvalue weighted by molar-refractivity contribution is 0.188. The summed E-state index contributed by atoms with van der Waals surface area (Å²) in [5, 5.41) is 3.63. The molecule has 2 nitrogen and oxygen atoms in total. The molecule has 1 saturated carbocycles. The van der Waals surface area contributed by atoms with E-state index in [4.69, 9.17) is 0 Å². The van der Waals surface area contributed by atoms with Crippen molar-refractivity contribution in [2.24, 2.45) is 5.92 Å². The minimum Gasteiger partial charge on any atom is -0.314 e. The van der Waals surface area contributed by atoms with Gasteiger partial charge in [0.2, 0.25) is 0 Å². The average molecular weight is 325 g/mol. The molecule has 1 fully saturated rings. The molecule has 0 spiro atoms. The van der Waals surface area contributed by atoms with E-state index in [1.165, 1.54) is 18.4 Å². The minimum atomic E-state index is 0.588. The maximum Gasteiger partial charge on any atom is 0.0234 e. The number of rotatable bonds is 7. The molecule has 106 valence electrons. The van der Waals surface area contributed by atoms with Crippen molar-refractivity contribution in [1.29, 1.82) is 0 Å². The molecule has 3 heteroatoms. The first-order valence-corrected chi connectivity index (χ1v) is 8.03. The van der Waals surface area contributed by atoms with E-state index in [1.54, 1.807) is 0 Å². The third-order valence-electron chi connectivity index (χ3n) is 4.15. The zero-order valence-corrected chi connectivity index (χ0v) is 13.8. The Labute approximate surface area is 125 Å². The topological polar surface area (TPSA) is 15.3 Å². The molecular weight excluding hydrogens is 300 g/mol. The van der Waals surface area contributed by atoms with Gasteiger partial charge in [-0.05, 0) is 57.0 Å². The Balaban J connectivity index is 1.81. The number of hydrogen-bond donors (Lipinski definition) is 1. The van der Waals surface area contributed by atoms with Gasteiger partial charge in [0, 0.05) is 23.1 Å². The standard InChI is InChI=1S/C16H25BrN2/c1-12(10-18-16-7-8-16)13(2)19(3)11-14-5-4-6-15(17)9-14/h4-6,9,12-13,16,18H,7-8,10-11H2,1-3H3. The maximum absolute atomic E-state index is 3.63. The lowest BCUT2D eigenvalue weighted by Gasteiger charge is -2.30. The van der Waals surface area contributed by atoms with Crippen molar-refractivity contribution < 1.29 is 0 Å². The van der Waals surface area contributed by atoms with Crippen LogP contribution < -0.4 is 5.32 Å². The van der Waals surface area contributed by atoms with Crippen LogP contribution in [0.25, 0.3) is 0 Å². The van der Waals surface area contributed by atoms with E-state index < -0.39 is 0 Å². The van der Waals surface area contributed by atoms with E-state index in [2.05, 4.69) is 71.3 Å². The lowest BCUT2D eigenvalue weighted by Crippen LogP contribution is -2.39. The van der Waals surface area contributed by atoms with Gasteiger partial charge in [-0.1, -0.05) is 35.0 Å². The fraction of sp³-hybridized carbons (Fsp3) is 0.625. The van der Waals surface area contributed by atoms with Gasteiger partial charge in [0.1, 0.15) is 0 Å². The summed E-state index contributed by atoms with van der Waals surface area (Å²) in [6.07, 6.45) is 2.74. The first-order valence-electron chi connectivity index (χ1n) is 7.24. The van der Waals surface area contributed by atoms with Crippen molar-refractivity contribution >= 4 is 15.9 Å². The van der Waals surface area contributed by atoms with Crippen molar-refractivity contribution in [3.8, 4) is 0 Å². The summed E-state index contributed by atoms with van der Waals surface area (Å²) in [6, 6.07) is 9.98. The quantitative estimate of drug-likeness (QED) is 0.823. The van der Waals surface area contributed by atoms with Crippen molar-refractivity contribution in [3.63, 3.8) is 0 Å². The van der Waals surface area contributed by atoms with E-state index in [1.807, 2.05) is 0 Å². The molecule has 2 unspecified atom stereocenters. The van der Waals surface area contributed by atoms with Crippen LogP contribution in [0.1, 0.15) is 32.3 Å². The van der Waals surface area contributed by atoms with Gasteiger partial charge < -0.3 is 5.32 Å². The van der Waals surface area contributed by atoms with E-state index in [-0.39, 0.29) is 0 Å². The molecule has 1 aromatic carbocycles. The molecule has 0 bridgehead atoms. The molecule has 1 N–H and O–H groups in total. The smallest absolute Gasteiger partial charge is 0.0234 e. The van der Waals surface area contributed by atoms with Crippen molar-refractivity contribution in [2.75, 3.05) is 13.6 Å². The second kappa shape index (κ2) is 6.87. The van der Waals surface area contributed by atoms with E-state index in [0.717, 1.165) is 23.6 Å². The number of nitrogens with zero attached hydrogens (tertiary/aromatic N) is 1. The third-order valence-corrected chi connectivity index (χ3v) is 4.64. The van der Waals surface area contributed by atoms with Crippen LogP contribution in [-0.2, 0) is 6.54 Å². The number of halogens is 1. The summed E-state index contributed by atoms with van der Waals surface area (Å²) in [7, 11) is 2.22. The highest BCUT2D eigenvalue weighted by atomic mass is 79.9. The maximum atomic E-state index is 3.63. The van der Waals surface area contributed by atoms with Crippen LogP contribution in [0, 0.1) is 5.92 Å². The van der Waals surface area contributed by atoms with Gasteiger partial charge >= 0.3 is 0 Å². The molecule has 0 aromatic heterocycles. The van der Waals surface area contributed by atoms with Gasteiger partial charge in [-0.3, -0.25) is 4.90 Å². The Kier molecular flexibility index (Phi) is 5.43. The molecule has 1 aromatic rings. The summed E-state index contributed by atoms with van der Waals surface area (Å²) in [4.78, 5) is 2.45. The van der Waals surface area contributed by atoms with Gasteiger partial charge in [0.05, 0.1) is 0 Å². The van der Waals surface area contributed by atoms with Crippen LogP contribution in [0.15, 0.2) is 28.7 Å². The Hall–Kier alpha value is -0.380. The summed E-state index contributed by atoms with van der Waals surface area (Å²) < 4.78 is 1.16. The van der Waals surface area contributed by atoms with Gasteiger partial charge in [-0.25, -0.2) is 0 Å². The first-order chi connectivity index (χ1) is 9.06. The zero-order valence-electron chi connectivity index (χ0n) is 12.2. The monoisotopic (exact) mass is 324 g/mol. The summed E-state index contributed by atoms with van der Waals surface area (Å²) in [5.41, 5.74) is 1.37. The average Bonchev–Trinajstić information content (AvgIpc) is 3.19. The Morgan fingerprint density at radius 2 is 2.11 bits per heavy atom. The second-order valence-electron chi connectivity index (χ2n) is 5.95. The fourth-order valence-electron chi connectivity index (χ4n) is 2.31. The van der Waals surface area contributed by atoms with Gasteiger partial charge in [0.15, 0.2) is 0 Å². The molecule has 1 aliphatic carbocycles. The molecule has 0 aliphatic heterocycles. The van der Waals surface area contributed by atoms with E-state index >= 15 is 0 Å². The van der Waals surface area contributed by atoms with E-state index in [9.17, 15) is 0 Å². The molecule has 19 heavy (non-hydrogen) atoms. The molecule has 0 amide bonds. The predicted molar refractivity (Wildman–Crippen MR) is 85.3 cm³/mol. The molecule has 2 atom stereocenters. The molecule has 0 radical (unpaired) electrons. The summed E-state index contributed by atoms with van der Waals surface area (Å²) in [5.74, 6) is 0.678. The Morgan fingerprint density at radius 3 is 2.74 bits per heavy atom. The largest absolute Gasteiger partial charge is 0.314 e. The Morgan fingerprint density at radius 1 is 1.37 bits per heavy atom. The normalized spacial score (nSPS) is 18.6. The van der Waals surface area contributed by atoms with Crippen LogP contribution in [0.4, 0.5) is 0 Å². The van der Waals surface area contributed by atoms with Crippen LogP contribution >= 0.6 is 15.9 Å². The zero-order chi connectivity index (χ0) is 13.8. The highest BCUT2D eigenvalue weighted by molar-refractivity contribution is 9.10. The number of nitrogens with one attached hydrogen (secondary N) is 1. The second-order valence-corrected chi connectivity index (χ2v) is 6.86. The van der Waals surface area contributed by atoms with Crippen molar-refractivity contribution in [3.05, 3.63) is 34.3 Å². The fourth-order valence-corrected chi connectivity index (χ4v) is 2.76. The molecule has 2 rings (SSSR count). The Bertz CT molecular complexity index is 403. The summed E-state index contributed by atoms with van der Waals surface area (Å²) >= 11 is 3.54. The number of hydrogen-bond acceptors (Lipinski definition) is 2. The van der Waals surface area contributed by atoms with Gasteiger partial charge in [-0.15, -0.1) is 0 Å². The third kappa shape index (κ3) is 4.90. The van der Waals surface area contributed by atoms with Crippen molar-refractivity contribution in [1.82, 2.24) is 10.2 Å². The van der Waals surface area contributed by atoms with Crippen molar-refractivity contribution in [2.45, 2.75) is 45.3 Å². The molecule has 0 heterocycles. The van der Waals surface area contributed by atoms with Crippen LogP contribution in [0.5, 0.6) is 0 Å². The SMILES string of the molecule is CC(CNC1CC1)C(C)N(C)Cc1cccc(Br)c1. The summed E-state index contributed by atoms with van der Waals surface area (Å²) in [6.45, 7) is 6.82. The highest BCUT2D eigenvalue weighted by Crippen LogP contribution is 2.20. The number of benzene rings is 1. The van der Waals surface area contributed by atoms with Crippen LogP contribution in [0.2, 0.25) is 0 Å². The molecular formula is C16H25BrN2. The molecule has 0 saturated heterocycles. The van der Waals surface area contributed by atoms with Crippen LogP contribution in [0.3, 0.4) is 0 Å². The first kappa shape index (κ1) is 15.0. The van der Waals surface area contributed by atoms with Crippen LogP contribution in [-0.4, -0.2) is 30.6 Å². The minimum absolute atomic E-state index is 0.588.